The first-order valence-electron chi connectivity index (χ1n) is 8.24. The number of nitrogens with zero attached hydrogens (tertiary/aromatic N) is 1. The lowest BCUT2D eigenvalue weighted by Gasteiger charge is -2.09. The number of aromatic nitrogens is 2. The first-order valence-corrected chi connectivity index (χ1v) is 9.29. The summed E-state index contributed by atoms with van der Waals surface area (Å²) in [6.45, 7) is 4.62. The number of anilines is 1. The summed E-state index contributed by atoms with van der Waals surface area (Å²) in [4.78, 5) is 20.0. The van der Waals surface area contributed by atoms with E-state index in [1.54, 1.807) is 11.8 Å². The van der Waals surface area contributed by atoms with E-state index in [0.717, 1.165) is 28.3 Å². The highest BCUT2D eigenvalue weighted by Crippen LogP contribution is 2.27. The number of ether oxygens (including phenoxy) is 1. The highest BCUT2D eigenvalue weighted by atomic mass is 32.2. The molecule has 0 bridgehead atoms. The number of imidazole rings is 1. The van der Waals surface area contributed by atoms with E-state index in [4.69, 9.17) is 4.74 Å². The molecule has 0 saturated heterocycles. The van der Waals surface area contributed by atoms with Crippen molar-refractivity contribution >= 4 is 34.4 Å². The molecular formula is C19H21N3O2S. The molecule has 1 atom stereocenters. The standard InChI is InChI=1S/C19H21N3O2S/c1-3-24-15-10-8-14(9-11-15)20-18(23)12-25-13(2)19-21-16-6-4-5-7-17(16)22-19/h4-11,13H,3,12H2,1-2H3,(H,20,23)(H,21,22)/t13-/m0/s1. The second kappa shape index (κ2) is 8.07. The number of carbonyl (C=O) groups excluding carboxylic acids is 1. The van der Waals surface area contributed by atoms with Gasteiger partial charge in [0.05, 0.1) is 28.6 Å². The highest BCUT2D eigenvalue weighted by molar-refractivity contribution is 8.00. The lowest BCUT2D eigenvalue weighted by atomic mass is 10.3. The van der Waals surface area contributed by atoms with Gasteiger partial charge in [-0.15, -0.1) is 11.8 Å². The van der Waals surface area contributed by atoms with E-state index < -0.39 is 0 Å². The normalized spacial score (nSPS) is 12.1. The molecule has 0 saturated carbocycles. The second-order valence-corrected chi connectivity index (χ2v) is 6.93. The van der Waals surface area contributed by atoms with Crippen LogP contribution in [0.5, 0.6) is 5.75 Å². The number of rotatable bonds is 7. The maximum Gasteiger partial charge on any atom is 0.234 e. The Morgan fingerprint density at radius 1 is 1.24 bits per heavy atom. The van der Waals surface area contributed by atoms with Crippen LogP contribution in [-0.4, -0.2) is 28.2 Å². The third-order valence-corrected chi connectivity index (χ3v) is 4.86. The van der Waals surface area contributed by atoms with Gasteiger partial charge in [0.1, 0.15) is 11.6 Å². The maximum absolute atomic E-state index is 12.1. The van der Waals surface area contributed by atoms with E-state index >= 15 is 0 Å². The van der Waals surface area contributed by atoms with Crippen LogP contribution in [0.4, 0.5) is 5.69 Å². The number of fused-ring (bicyclic) bond motifs is 1. The van der Waals surface area contributed by atoms with Gasteiger partial charge in [-0.05, 0) is 50.2 Å². The topological polar surface area (TPSA) is 67.0 Å². The molecule has 0 aliphatic heterocycles. The molecule has 0 spiro atoms. The Morgan fingerprint density at radius 2 is 2.00 bits per heavy atom. The number of amides is 1. The third kappa shape index (κ3) is 4.54. The minimum absolute atomic E-state index is 0.0304. The summed E-state index contributed by atoms with van der Waals surface area (Å²) in [5.74, 6) is 2.02. The largest absolute Gasteiger partial charge is 0.494 e. The molecule has 5 nitrogen and oxygen atoms in total. The monoisotopic (exact) mass is 355 g/mol. The molecule has 0 radical (unpaired) electrons. The summed E-state index contributed by atoms with van der Waals surface area (Å²) in [7, 11) is 0. The van der Waals surface area contributed by atoms with E-state index in [1.165, 1.54) is 0 Å². The van der Waals surface area contributed by atoms with Crippen LogP contribution >= 0.6 is 11.8 Å². The number of benzene rings is 2. The van der Waals surface area contributed by atoms with Gasteiger partial charge in [-0.25, -0.2) is 4.98 Å². The summed E-state index contributed by atoms with van der Waals surface area (Å²) in [5, 5.41) is 3.01. The molecule has 3 aromatic rings. The number of hydrogen-bond donors (Lipinski definition) is 2. The molecule has 25 heavy (non-hydrogen) atoms. The smallest absolute Gasteiger partial charge is 0.234 e. The Kier molecular flexibility index (Phi) is 5.60. The van der Waals surface area contributed by atoms with Crippen molar-refractivity contribution in [2.75, 3.05) is 17.7 Å². The van der Waals surface area contributed by atoms with Gasteiger partial charge in [0.15, 0.2) is 0 Å². The zero-order chi connectivity index (χ0) is 17.6. The first kappa shape index (κ1) is 17.4. The SMILES string of the molecule is CCOc1ccc(NC(=O)CS[C@@H](C)c2nc3ccccc3[nH]2)cc1. The van der Waals surface area contributed by atoms with E-state index in [0.29, 0.717) is 12.4 Å². The molecule has 1 amide bonds. The summed E-state index contributed by atoms with van der Waals surface area (Å²) in [6, 6.07) is 15.3. The van der Waals surface area contributed by atoms with E-state index in [1.807, 2.05) is 62.4 Å². The predicted molar refractivity (Wildman–Crippen MR) is 103 cm³/mol. The fraction of sp³-hybridized carbons (Fsp3) is 0.263. The van der Waals surface area contributed by atoms with Gasteiger partial charge >= 0.3 is 0 Å². The number of para-hydroxylation sites is 2. The lowest BCUT2D eigenvalue weighted by molar-refractivity contribution is -0.113. The Balaban J connectivity index is 1.52. The molecule has 2 aromatic carbocycles. The first-order chi connectivity index (χ1) is 12.2. The zero-order valence-electron chi connectivity index (χ0n) is 14.3. The number of aromatic amines is 1. The third-order valence-electron chi connectivity index (χ3n) is 3.71. The van der Waals surface area contributed by atoms with Gasteiger partial charge in [0.25, 0.3) is 0 Å². The zero-order valence-corrected chi connectivity index (χ0v) is 15.1. The summed E-state index contributed by atoms with van der Waals surface area (Å²) in [5.41, 5.74) is 2.73. The summed E-state index contributed by atoms with van der Waals surface area (Å²) in [6.07, 6.45) is 0. The van der Waals surface area contributed by atoms with Crippen LogP contribution in [0, 0.1) is 0 Å². The van der Waals surface area contributed by atoms with E-state index in [2.05, 4.69) is 15.3 Å². The number of nitrogens with one attached hydrogen (secondary N) is 2. The Labute approximate surface area is 151 Å². The van der Waals surface area contributed by atoms with Crippen LogP contribution in [0.1, 0.15) is 24.9 Å². The van der Waals surface area contributed by atoms with Crippen LogP contribution in [0.15, 0.2) is 48.5 Å². The van der Waals surface area contributed by atoms with E-state index in [9.17, 15) is 4.79 Å². The van der Waals surface area contributed by atoms with Gasteiger partial charge in [-0.2, -0.15) is 0 Å². The molecule has 2 N–H and O–H groups in total. The molecule has 3 rings (SSSR count). The minimum atomic E-state index is -0.0304. The summed E-state index contributed by atoms with van der Waals surface area (Å²) < 4.78 is 5.39. The fourth-order valence-electron chi connectivity index (χ4n) is 2.44. The van der Waals surface area contributed by atoms with Gasteiger partial charge in [-0.3, -0.25) is 4.79 Å². The van der Waals surface area contributed by atoms with Gasteiger partial charge in [-0.1, -0.05) is 12.1 Å². The molecule has 0 unspecified atom stereocenters. The lowest BCUT2D eigenvalue weighted by Crippen LogP contribution is -2.14. The molecule has 1 heterocycles. The average molecular weight is 355 g/mol. The molecule has 1 aromatic heterocycles. The Bertz CT molecular complexity index is 812. The van der Waals surface area contributed by atoms with Crippen molar-refractivity contribution < 1.29 is 9.53 Å². The van der Waals surface area contributed by atoms with Crippen molar-refractivity contribution in [2.45, 2.75) is 19.1 Å². The average Bonchev–Trinajstić information content (AvgIpc) is 3.06. The maximum atomic E-state index is 12.1. The number of H-pyrrole nitrogens is 1. The van der Waals surface area contributed by atoms with Gasteiger partial charge in [0.2, 0.25) is 5.91 Å². The molecule has 0 aliphatic carbocycles. The van der Waals surface area contributed by atoms with E-state index in [-0.39, 0.29) is 11.2 Å². The number of hydrogen-bond acceptors (Lipinski definition) is 4. The molecule has 130 valence electrons. The van der Waals surface area contributed by atoms with Crippen LogP contribution in [0.3, 0.4) is 0 Å². The van der Waals surface area contributed by atoms with Gasteiger partial charge in [0, 0.05) is 5.69 Å². The predicted octanol–water partition coefficient (Wildman–Crippen LogP) is 4.39. The summed E-state index contributed by atoms with van der Waals surface area (Å²) >= 11 is 1.55. The van der Waals surface area contributed by atoms with Crippen molar-refractivity contribution in [1.29, 1.82) is 0 Å². The molecule has 6 heteroatoms. The van der Waals surface area contributed by atoms with Crippen LogP contribution in [0.2, 0.25) is 0 Å². The minimum Gasteiger partial charge on any atom is -0.494 e. The van der Waals surface area contributed by atoms with Crippen molar-refractivity contribution in [3.05, 3.63) is 54.4 Å². The molecular weight excluding hydrogens is 334 g/mol. The number of carbonyl (C=O) groups is 1. The molecule has 0 aliphatic rings. The van der Waals surface area contributed by atoms with Crippen molar-refractivity contribution in [3.63, 3.8) is 0 Å². The Morgan fingerprint density at radius 3 is 2.72 bits per heavy atom. The van der Waals surface area contributed by atoms with Gasteiger partial charge < -0.3 is 15.0 Å². The number of thioether (sulfide) groups is 1. The second-order valence-electron chi connectivity index (χ2n) is 5.60. The molecule has 0 fully saturated rings. The van der Waals surface area contributed by atoms with Crippen LogP contribution in [-0.2, 0) is 4.79 Å². The highest BCUT2D eigenvalue weighted by Gasteiger charge is 2.13. The van der Waals surface area contributed by atoms with Crippen molar-refractivity contribution in [1.82, 2.24) is 9.97 Å². The van der Waals surface area contributed by atoms with Crippen molar-refractivity contribution in [2.24, 2.45) is 0 Å². The van der Waals surface area contributed by atoms with Crippen LogP contribution < -0.4 is 10.1 Å². The van der Waals surface area contributed by atoms with Crippen LogP contribution in [0.25, 0.3) is 11.0 Å². The Hall–Kier alpha value is -2.47. The fourth-order valence-corrected chi connectivity index (χ4v) is 3.19. The van der Waals surface area contributed by atoms with Crippen molar-refractivity contribution in [3.8, 4) is 5.75 Å². The quantitative estimate of drug-likeness (QED) is 0.659.